The van der Waals surface area contributed by atoms with Crippen LogP contribution in [0.3, 0.4) is 0 Å². The zero-order valence-electron chi connectivity index (χ0n) is 14.1. The molecule has 1 aliphatic carbocycles. The van der Waals surface area contributed by atoms with Gasteiger partial charge in [-0.2, -0.15) is 13.2 Å². The fourth-order valence-electron chi connectivity index (χ4n) is 3.68. The second-order valence-electron chi connectivity index (χ2n) is 6.62. The third-order valence-corrected chi connectivity index (χ3v) is 4.86. The second kappa shape index (κ2) is 6.39. The average molecular weight is 367 g/mol. The van der Waals surface area contributed by atoms with Gasteiger partial charge in [0.05, 0.1) is 11.1 Å². The summed E-state index contributed by atoms with van der Waals surface area (Å²) >= 11 is 0. The Kier molecular flexibility index (Phi) is 4.52. The van der Waals surface area contributed by atoms with Gasteiger partial charge in [0.15, 0.2) is 0 Å². The van der Waals surface area contributed by atoms with Crippen molar-refractivity contribution in [1.82, 2.24) is 4.90 Å². The Bertz CT molecular complexity index is 861. The van der Waals surface area contributed by atoms with Crippen molar-refractivity contribution in [1.29, 1.82) is 0 Å². The van der Waals surface area contributed by atoms with Crippen LogP contribution in [0.2, 0.25) is 0 Å². The molecule has 26 heavy (non-hydrogen) atoms. The summed E-state index contributed by atoms with van der Waals surface area (Å²) in [5, 5.41) is 9.18. The Balaban J connectivity index is 2.22. The number of fused-ring (bicyclic) bond motifs is 1. The first-order valence-electron chi connectivity index (χ1n) is 8.00. The second-order valence-corrected chi connectivity index (χ2v) is 6.62. The van der Waals surface area contributed by atoms with Gasteiger partial charge in [-0.15, -0.1) is 0 Å². The summed E-state index contributed by atoms with van der Waals surface area (Å²) < 4.78 is 54.5. The Morgan fingerprint density at radius 3 is 2.35 bits per heavy atom. The van der Waals surface area contributed by atoms with Crippen molar-refractivity contribution >= 4 is 5.97 Å². The number of aromatic carboxylic acids is 1. The highest BCUT2D eigenvalue weighted by Crippen LogP contribution is 2.49. The summed E-state index contributed by atoms with van der Waals surface area (Å²) in [6.45, 7) is 0. The Morgan fingerprint density at radius 1 is 1.12 bits per heavy atom. The number of nitrogens with zero attached hydrogens (tertiary/aromatic N) is 1. The molecule has 3 nitrogen and oxygen atoms in total. The summed E-state index contributed by atoms with van der Waals surface area (Å²) in [6, 6.07) is 7.27. The molecule has 0 saturated heterocycles. The van der Waals surface area contributed by atoms with E-state index >= 15 is 0 Å². The summed E-state index contributed by atoms with van der Waals surface area (Å²) in [5.74, 6) is -2.98. The summed E-state index contributed by atoms with van der Waals surface area (Å²) in [6.07, 6.45) is -4.21. The molecule has 2 unspecified atom stereocenters. The van der Waals surface area contributed by atoms with Gasteiger partial charge in [0, 0.05) is 12.0 Å². The van der Waals surface area contributed by atoms with Crippen LogP contribution in [0.1, 0.15) is 51.0 Å². The van der Waals surface area contributed by atoms with Crippen LogP contribution >= 0.6 is 0 Å². The molecule has 0 spiro atoms. The summed E-state index contributed by atoms with van der Waals surface area (Å²) in [4.78, 5) is 13.1. The Morgan fingerprint density at radius 2 is 1.77 bits per heavy atom. The lowest BCUT2D eigenvalue weighted by Crippen LogP contribution is -2.18. The van der Waals surface area contributed by atoms with Gasteiger partial charge in [-0.05, 0) is 55.4 Å². The number of halogens is 4. The van der Waals surface area contributed by atoms with Crippen LogP contribution in [-0.4, -0.2) is 30.1 Å². The first kappa shape index (κ1) is 18.4. The number of alkyl halides is 3. The van der Waals surface area contributed by atoms with Crippen molar-refractivity contribution in [2.75, 3.05) is 14.1 Å². The van der Waals surface area contributed by atoms with Crippen LogP contribution in [-0.2, 0) is 6.18 Å². The van der Waals surface area contributed by atoms with Gasteiger partial charge in [-0.3, -0.25) is 0 Å². The molecule has 2 atom stereocenters. The van der Waals surface area contributed by atoms with E-state index in [1.54, 1.807) is 19.0 Å². The van der Waals surface area contributed by atoms with Crippen molar-refractivity contribution in [3.05, 3.63) is 70.0 Å². The fraction of sp³-hybridized carbons (Fsp3) is 0.316. The normalized spacial score (nSPS) is 19.7. The van der Waals surface area contributed by atoms with Crippen LogP contribution in [0.4, 0.5) is 17.6 Å². The lowest BCUT2D eigenvalue weighted by atomic mass is 9.88. The van der Waals surface area contributed by atoms with Crippen LogP contribution in [0, 0.1) is 5.82 Å². The van der Waals surface area contributed by atoms with Gasteiger partial charge in [0.25, 0.3) is 0 Å². The predicted octanol–water partition coefficient (Wildman–Crippen LogP) is 4.68. The molecular weight excluding hydrogens is 350 g/mol. The molecule has 0 amide bonds. The first-order valence-corrected chi connectivity index (χ1v) is 8.00. The molecule has 138 valence electrons. The van der Waals surface area contributed by atoms with Gasteiger partial charge in [-0.25, -0.2) is 9.18 Å². The summed E-state index contributed by atoms with van der Waals surface area (Å²) in [5.41, 5.74) is -0.249. The topological polar surface area (TPSA) is 40.5 Å². The van der Waals surface area contributed by atoms with Gasteiger partial charge in [0.1, 0.15) is 5.82 Å². The quantitative estimate of drug-likeness (QED) is 0.801. The molecule has 2 aromatic carbocycles. The number of carbonyl (C=O) groups is 1. The van der Waals surface area contributed by atoms with E-state index < -0.39 is 35.0 Å². The highest BCUT2D eigenvalue weighted by atomic mass is 19.4. The van der Waals surface area contributed by atoms with Gasteiger partial charge < -0.3 is 10.0 Å². The zero-order chi connectivity index (χ0) is 19.2. The fourth-order valence-corrected chi connectivity index (χ4v) is 3.68. The van der Waals surface area contributed by atoms with E-state index in [1.165, 1.54) is 24.3 Å². The lowest BCUT2D eigenvalue weighted by molar-refractivity contribution is -0.138. The number of rotatable bonds is 3. The molecule has 1 N–H and O–H groups in total. The predicted molar refractivity (Wildman–Crippen MR) is 87.7 cm³/mol. The van der Waals surface area contributed by atoms with Crippen molar-refractivity contribution in [3.63, 3.8) is 0 Å². The monoisotopic (exact) mass is 367 g/mol. The lowest BCUT2D eigenvalue weighted by Gasteiger charge is -2.21. The Hall–Kier alpha value is -2.41. The maximum Gasteiger partial charge on any atom is 0.416 e. The van der Waals surface area contributed by atoms with E-state index in [-0.39, 0.29) is 11.6 Å². The highest BCUT2D eigenvalue weighted by molar-refractivity contribution is 5.88. The van der Waals surface area contributed by atoms with Gasteiger partial charge in [0.2, 0.25) is 0 Å². The molecule has 3 rings (SSSR count). The zero-order valence-corrected chi connectivity index (χ0v) is 14.1. The minimum Gasteiger partial charge on any atom is -0.478 e. The molecule has 2 aromatic rings. The van der Waals surface area contributed by atoms with Crippen LogP contribution < -0.4 is 0 Å². The van der Waals surface area contributed by atoms with Crippen LogP contribution in [0.5, 0.6) is 0 Å². The molecule has 0 aromatic heterocycles. The molecule has 0 saturated carbocycles. The van der Waals surface area contributed by atoms with E-state index in [0.29, 0.717) is 17.5 Å². The number of benzene rings is 2. The average Bonchev–Trinajstić information content (AvgIpc) is 2.91. The molecule has 0 aliphatic heterocycles. The van der Waals surface area contributed by atoms with Crippen molar-refractivity contribution in [3.8, 4) is 0 Å². The van der Waals surface area contributed by atoms with E-state index in [1.807, 2.05) is 0 Å². The molecule has 0 bridgehead atoms. The highest BCUT2D eigenvalue weighted by Gasteiger charge is 2.40. The molecule has 0 radical (unpaired) electrons. The first-order chi connectivity index (χ1) is 12.1. The number of hydrogen-bond donors (Lipinski definition) is 1. The van der Waals surface area contributed by atoms with Crippen molar-refractivity contribution in [2.24, 2.45) is 0 Å². The molecule has 0 fully saturated rings. The van der Waals surface area contributed by atoms with Crippen LogP contribution in [0.25, 0.3) is 0 Å². The molecule has 7 heteroatoms. The van der Waals surface area contributed by atoms with E-state index in [4.69, 9.17) is 0 Å². The largest absolute Gasteiger partial charge is 0.478 e. The Labute approximate surface area is 147 Å². The maximum atomic E-state index is 14.2. The molecule has 1 aliphatic rings. The van der Waals surface area contributed by atoms with Gasteiger partial charge >= 0.3 is 12.1 Å². The minimum atomic E-state index is -4.53. The molecule has 0 heterocycles. The maximum absolute atomic E-state index is 14.2. The van der Waals surface area contributed by atoms with E-state index in [2.05, 4.69) is 0 Å². The van der Waals surface area contributed by atoms with Crippen molar-refractivity contribution in [2.45, 2.75) is 24.6 Å². The molecular formula is C19H17F4NO2. The number of hydrogen-bond acceptors (Lipinski definition) is 2. The minimum absolute atomic E-state index is 0.0774. The van der Waals surface area contributed by atoms with E-state index in [0.717, 1.165) is 12.1 Å². The SMILES string of the molecule is CN(C)C1CC(c2ccccc2C(F)(F)F)c2cc(C(=O)O)c(F)cc21. The summed E-state index contributed by atoms with van der Waals surface area (Å²) in [7, 11) is 3.52. The van der Waals surface area contributed by atoms with E-state index in [9.17, 15) is 27.5 Å². The number of carboxylic acid groups (broad SMARTS) is 1. The van der Waals surface area contributed by atoms with Crippen molar-refractivity contribution < 1.29 is 27.5 Å². The smallest absolute Gasteiger partial charge is 0.416 e. The third kappa shape index (κ3) is 3.07. The number of carboxylic acids is 1. The standard InChI is InChI=1S/C19H17F4NO2/c1-24(2)17-9-12(10-5-3-4-6-15(10)19(21,22)23)11-7-14(18(25)26)16(20)8-13(11)17/h3-8,12,17H,9H2,1-2H3,(H,25,26). The van der Waals surface area contributed by atoms with Gasteiger partial charge in [-0.1, -0.05) is 18.2 Å². The van der Waals surface area contributed by atoms with Crippen LogP contribution in [0.15, 0.2) is 36.4 Å². The third-order valence-electron chi connectivity index (χ3n) is 4.86.